The van der Waals surface area contributed by atoms with E-state index >= 15 is 0 Å². The lowest BCUT2D eigenvalue weighted by atomic mass is 9.95. The van der Waals surface area contributed by atoms with Gasteiger partial charge in [0.05, 0.1) is 5.92 Å². The maximum absolute atomic E-state index is 12.6. The fourth-order valence-electron chi connectivity index (χ4n) is 2.51. The minimum atomic E-state index is -4.16. The van der Waals surface area contributed by atoms with Crippen LogP contribution < -0.4 is 5.73 Å². The maximum atomic E-state index is 12.6. The van der Waals surface area contributed by atoms with Gasteiger partial charge in [0.15, 0.2) is 0 Å². The zero-order chi connectivity index (χ0) is 14.9. The number of carbonyl (C=O) groups is 1. The molecule has 1 aromatic carbocycles. The summed E-state index contributed by atoms with van der Waals surface area (Å²) in [7, 11) is 0. The van der Waals surface area contributed by atoms with Crippen LogP contribution in [0.4, 0.5) is 18.9 Å². The minimum absolute atomic E-state index is 0.0245. The lowest BCUT2D eigenvalue weighted by molar-refractivity contribution is -0.183. The second-order valence-electron chi connectivity index (χ2n) is 5.18. The highest BCUT2D eigenvalue weighted by atomic mass is 19.4. The molecule has 0 radical (unpaired) electrons. The van der Waals surface area contributed by atoms with Gasteiger partial charge in [-0.05, 0) is 43.5 Å². The number of benzene rings is 1. The topological polar surface area (TPSA) is 46.3 Å². The van der Waals surface area contributed by atoms with Gasteiger partial charge in [0.1, 0.15) is 0 Å². The Morgan fingerprint density at radius 2 is 1.90 bits per heavy atom. The maximum Gasteiger partial charge on any atom is 0.391 e. The van der Waals surface area contributed by atoms with E-state index in [1.807, 2.05) is 0 Å². The number of carbonyl (C=O) groups excluding carboxylic acids is 1. The van der Waals surface area contributed by atoms with Crippen LogP contribution in [0.15, 0.2) is 18.2 Å². The third-order valence-corrected chi connectivity index (χ3v) is 3.73. The number of amides is 1. The minimum Gasteiger partial charge on any atom is -0.399 e. The van der Waals surface area contributed by atoms with Crippen molar-refractivity contribution in [2.24, 2.45) is 5.92 Å². The van der Waals surface area contributed by atoms with Gasteiger partial charge in [-0.3, -0.25) is 4.79 Å². The van der Waals surface area contributed by atoms with Crippen molar-refractivity contribution in [2.45, 2.75) is 25.9 Å². The molecule has 1 amide bonds. The van der Waals surface area contributed by atoms with Crippen molar-refractivity contribution in [3.8, 4) is 0 Å². The molecular weight excluding hydrogens is 269 g/mol. The number of piperidine rings is 1. The van der Waals surface area contributed by atoms with Crippen LogP contribution in [0.2, 0.25) is 0 Å². The summed E-state index contributed by atoms with van der Waals surface area (Å²) in [5.41, 5.74) is 7.43. The van der Waals surface area contributed by atoms with E-state index in [4.69, 9.17) is 5.73 Å². The van der Waals surface area contributed by atoms with Crippen molar-refractivity contribution < 1.29 is 18.0 Å². The van der Waals surface area contributed by atoms with E-state index in [0.29, 0.717) is 11.3 Å². The molecule has 0 saturated carbocycles. The largest absolute Gasteiger partial charge is 0.399 e. The van der Waals surface area contributed by atoms with E-state index in [0.717, 1.165) is 5.56 Å². The van der Waals surface area contributed by atoms with Gasteiger partial charge in [0.25, 0.3) is 5.91 Å². The normalized spacial score (nSPS) is 17.3. The van der Waals surface area contributed by atoms with E-state index in [1.165, 1.54) is 4.90 Å². The zero-order valence-corrected chi connectivity index (χ0v) is 11.2. The highest BCUT2D eigenvalue weighted by molar-refractivity contribution is 5.96. The summed E-state index contributed by atoms with van der Waals surface area (Å²) in [6, 6.07) is 4.95. The molecule has 110 valence electrons. The number of hydrogen-bond donors (Lipinski definition) is 1. The predicted molar refractivity (Wildman–Crippen MR) is 70.3 cm³/mol. The molecule has 0 atom stereocenters. The monoisotopic (exact) mass is 286 g/mol. The molecule has 0 unspecified atom stereocenters. The standard InChI is InChI=1S/C14H17F3N2O/c1-9-8-11(18)2-3-12(9)13(20)19-6-4-10(5-7-19)14(15,16)17/h2-3,8,10H,4-7,18H2,1H3. The Morgan fingerprint density at radius 1 is 1.30 bits per heavy atom. The van der Waals surface area contributed by atoms with E-state index in [9.17, 15) is 18.0 Å². The Bertz CT molecular complexity index is 506. The molecule has 6 heteroatoms. The molecule has 3 nitrogen and oxygen atoms in total. The fourth-order valence-corrected chi connectivity index (χ4v) is 2.51. The van der Waals surface area contributed by atoms with Gasteiger partial charge in [-0.2, -0.15) is 13.2 Å². The Balaban J connectivity index is 2.05. The second kappa shape index (κ2) is 5.34. The molecule has 1 fully saturated rings. The molecule has 2 rings (SSSR count). The summed E-state index contributed by atoms with van der Waals surface area (Å²) >= 11 is 0. The first-order valence-electron chi connectivity index (χ1n) is 6.51. The van der Waals surface area contributed by atoms with Crippen LogP contribution in [-0.2, 0) is 0 Å². The van der Waals surface area contributed by atoms with Crippen molar-refractivity contribution in [1.82, 2.24) is 4.90 Å². The third-order valence-electron chi connectivity index (χ3n) is 3.73. The lowest BCUT2D eigenvalue weighted by Crippen LogP contribution is -2.42. The number of likely N-dealkylation sites (tertiary alicyclic amines) is 1. The van der Waals surface area contributed by atoms with Crippen LogP contribution in [0.5, 0.6) is 0 Å². The van der Waals surface area contributed by atoms with Gasteiger partial charge < -0.3 is 10.6 Å². The van der Waals surface area contributed by atoms with Crippen molar-refractivity contribution in [2.75, 3.05) is 18.8 Å². The van der Waals surface area contributed by atoms with Crippen LogP contribution in [0.3, 0.4) is 0 Å². The number of hydrogen-bond acceptors (Lipinski definition) is 2. The first-order valence-corrected chi connectivity index (χ1v) is 6.51. The highest BCUT2D eigenvalue weighted by Gasteiger charge is 2.41. The predicted octanol–water partition coefficient (Wildman–Crippen LogP) is 2.99. The Kier molecular flexibility index (Phi) is 3.92. The molecule has 1 aliphatic rings. The van der Waals surface area contributed by atoms with Crippen molar-refractivity contribution in [3.05, 3.63) is 29.3 Å². The Morgan fingerprint density at radius 3 is 2.40 bits per heavy atom. The highest BCUT2D eigenvalue weighted by Crippen LogP contribution is 2.34. The number of aryl methyl sites for hydroxylation is 1. The zero-order valence-electron chi connectivity index (χ0n) is 11.2. The average Bonchev–Trinajstić information content (AvgIpc) is 2.37. The first kappa shape index (κ1) is 14.7. The first-order chi connectivity index (χ1) is 9.29. The molecule has 0 aromatic heterocycles. The van der Waals surface area contributed by atoms with E-state index in [1.54, 1.807) is 25.1 Å². The van der Waals surface area contributed by atoms with Crippen molar-refractivity contribution in [1.29, 1.82) is 0 Å². The van der Waals surface area contributed by atoms with Gasteiger partial charge >= 0.3 is 6.18 Å². The summed E-state index contributed by atoms with van der Waals surface area (Å²) in [6.07, 6.45) is -4.21. The van der Waals surface area contributed by atoms with Gasteiger partial charge in [0, 0.05) is 24.3 Å². The molecule has 1 aromatic rings. The number of nitrogen functional groups attached to an aromatic ring is 1. The molecule has 0 bridgehead atoms. The quantitative estimate of drug-likeness (QED) is 0.807. The molecule has 1 aliphatic heterocycles. The third kappa shape index (κ3) is 3.05. The molecule has 0 spiro atoms. The van der Waals surface area contributed by atoms with Gasteiger partial charge in [0.2, 0.25) is 0 Å². The van der Waals surface area contributed by atoms with E-state index in [2.05, 4.69) is 0 Å². The fraction of sp³-hybridized carbons (Fsp3) is 0.500. The smallest absolute Gasteiger partial charge is 0.391 e. The number of anilines is 1. The summed E-state index contributed by atoms with van der Waals surface area (Å²) < 4.78 is 37.8. The van der Waals surface area contributed by atoms with Crippen LogP contribution >= 0.6 is 0 Å². The van der Waals surface area contributed by atoms with Crippen LogP contribution in [0.1, 0.15) is 28.8 Å². The molecule has 2 N–H and O–H groups in total. The summed E-state index contributed by atoms with van der Waals surface area (Å²) in [5, 5.41) is 0. The molecular formula is C14H17F3N2O. The number of nitrogens with two attached hydrogens (primary N) is 1. The van der Waals surface area contributed by atoms with Crippen molar-refractivity contribution >= 4 is 11.6 Å². The van der Waals surface area contributed by atoms with Crippen molar-refractivity contribution in [3.63, 3.8) is 0 Å². The SMILES string of the molecule is Cc1cc(N)ccc1C(=O)N1CCC(C(F)(F)F)CC1. The number of nitrogens with zero attached hydrogens (tertiary/aromatic N) is 1. The number of rotatable bonds is 1. The summed E-state index contributed by atoms with van der Waals surface area (Å²) in [6.45, 7) is 2.06. The van der Waals surface area contributed by atoms with Crippen LogP contribution in [0.25, 0.3) is 0 Å². The second-order valence-corrected chi connectivity index (χ2v) is 5.18. The number of halogens is 3. The Labute approximate surface area is 115 Å². The Hall–Kier alpha value is -1.72. The van der Waals surface area contributed by atoms with E-state index in [-0.39, 0.29) is 31.8 Å². The summed E-state index contributed by atoms with van der Waals surface area (Å²) in [4.78, 5) is 13.8. The van der Waals surface area contributed by atoms with E-state index < -0.39 is 12.1 Å². The van der Waals surface area contributed by atoms with Crippen LogP contribution in [-0.4, -0.2) is 30.1 Å². The summed E-state index contributed by atoms with van der Waals surface area (Å²) in [5.74, 6) is -1.51. The molecule has 1 saturated heterocycles. The number of alkyl halides is 3. The average molecular weight is 286 g/mol. The lowest BCUT2D eigenvalue weighted by Gasteiger charge is -2.33. The van der Waals surface area contributed by atoms with Gasteiger partial charge in [-0.25, -0.2) is 0 Å². The molecule has 20 heavy (non-hydrogen) atoms. The molecule has 0 aliphatic carbocycles. The molecule has 1 heterocycles. The van der Waals surface area contributed by atoms with Gasteiger partial charge in [-0.1, -0.05) is 0 Å². The van der Waals surface area contributed by atoms with Gasteiger partial charge in [-0.15, -0.1) is 0 Å². The van der Waals surface area contributed by atoms with Crippen LogP contribution in [0, 0.1) is 12.8 Å².